The summed E-state index contributed by atoms with van der Waals surface area (Å²) >= 11 is 12.3. The van der Waals surface area contributed by atoms with Crippen molar-refractivity contribution in [3.05, 3.63) is 33.8 Å². The molecule has 0 aliphatic carbocycles. The van der Waals surface area contributed by atoms with Gasteiger partial charge in [0.1, 0.15) is 0 Å². The summed E-state index contributed by atoms with van der Waals surface area (Å²) in [6.45, 7) is 9.03. The fourth-order valence-electron chi connectivity index (χ4n) is 2.65. The molecule has 0 saturated carbocycles. The first-order chi connectivity index (χ1) is 10.1. The van der Waals surface area contributed by atoms with Crippen LogP contribution >= 0.6 is 23.2 Å². The molecule has 0 aromatic heterocycles. The molecule has 0 bridgehead atoms. The third-order valence-corrected chi connectivity index (χ3v) is 4.70. The van der Waals surface area contributed by atoms with Gasteiger partial charge >= 0.3 is 0 Å². The van der Waals surface area contributed by atoms with Gasteiger partial charge in [-0.25, -0.2) is 0 Å². The summed E-state index contributed by atoms with van der Waals surface area (Å²) < 4.78 is 0. The van der Waals surface area contributed by atoms with E-state index in [1.165, 1.54) is 26.2 Å². The number of halogens is 2. The normalized spacial score (nSPS) is 18.9. The van der Waals surface area contributed by atoms with Crippen molar-refractivity contribution >= 4 is 23.2 Å². The van der Waals surface area contributed by atoms with Crippen LogP contribution in [-0.4, -0.2) is 56.1 Å². The summed E-state index contributed by atoms with van der Waals surface area (Å²) in [5.41, 5.74) is 1.07. The van der Waals surface area contributed by atoms with Crippen molar-refractivity contribution in [3.63, 3.8) is 0 Å². The maximum absolute atomic E-state index is 6.23. The van der Waals surface area contributed by atoms with Gasteiger partial charge in [-0.15, -0.1) is 0 Å². The molecule has 5 heteroatoms. The standard InChI is InChI=1S/C16H25Cl2N3/c1-13(15-12-14(17)4-5-16(15)18)19-6-3-7-21-10-8-20(2)9-11-21/h4-5,12-13,19H,3,6-11H2,1-2H3. The molecule has 1 aliphatic heterocycles. The number of nitrogens with zero attached hydrogens (tertiary/aromatic N) is 2. The molecule has 1 unspecified atom stereocenters. The highest BCUT2D eigenvalue weighted by Crippen LogP contribution is 2.26. The lowest BCUT2D eigenvalue weighted by Gasteiger charge is -2.32. The van der Waals surface area contributed by atoms with Crippen LogP contribution < -0.4 is 5.32 Å². The van der Waals surface area contributed by atoms with Gasteiger partial charge in [0.25, 0.3) is 0 Å². The second-order valence-electron chi connectivity index (χ2n) is 5.84. The van der Waals surface area contributed by atoms with Crippen molar-refractivity contribution in [2.24, 2.45) is 0 Å². The van der Waals surface area contributed by atoms with Crippen LogP contribution in [0.4, 0.5) is 0 Å². The summed E-state index contributed by atoms with van der Waals surface area (Å²) in [6.07, 6.45) is 1.16. The summed E-state index contributed by atoms with van der Waals surface area (Å²) in [4.78, 5) is 4.93. The van der Waals surface area contributed by atoms with E-state index in [4.69, 9.17) is 23.2 Å². The Kier molecular flexibility index (Phi) is 6.77. The second kappa shape index (κ2) is 8.35. The summed E-state index contributed by atoms with van der Waals surface area (Å²) in [6, 6.07) is 5.86. The zero-order valence-corrected chi connectivity index (χ0v) is 14.4. The first-order valence-corrected chi connectivity index (χ1v) is 8.41. The van der Waals surface area contributed by atoms with Gasteiger partial charge in [0.2, 0.25) is 0 Å². The fraction of sp³-hybridized carbons (Fsp3) is 0.625. The van der Waals surface area contributed by atoms with E-state index >= 15 is 0 Å². The van der Waals surface area contributed by atoms with Gasteiger partial charge in [0, 0.05) is 42.3 Å². The topological polar surface area (TPSA) is 18.5 Å². The number of rotatable bonds is 6. The molecule has 2 rings (SSSR count). The number of hydrogen-bond donors (Lipinski definition) is 1. The number of piperazine rings is 1. The van der Waals surface area contributed by atoms with Crippen LogP contribution in [0.25, 0.3) is 0 Å². The molecule has 1 aliphatic rings. The molecule has 1 N–H and O–H groups in total. The number of nitrogens with one attached hydrogen (secondary N) is 1. The summed E-state index contributed by atoms with van der Waals surface area (Å²) in [5.74, 6) is 0. The van der Waals surface area contributed by atoms with Crippen LogP contribution in [0.5, 0.6) is 0 Å². The van der Waals surface area contributed by atoms with Crippen molar-refractivity contribution in [1.82, 2.24) is 15.1 Å². The minimum atomic E-state index is 0.226. The van der Waals surface area contributed by atoms with Gasteiger partial charge in [0.15, 0.2) is 0 Å². The van der Waals surface area contributed by atoms with E-state index in [2.05, 4.69) is 29.1 Å². The zero-order valence-electron chi connectivity index (χ0n) is 12.9. The third-order valence-electron chi connectivity index (χ3n) is 4.12. The van der Waals surface area contributed by atoms with Crippen LogP contribution in [-0.2, 0) is 0 Å². The molecule has 1 saturated heterocycles. The number of likely N-dealkylation sites (N-methyl/N-ethyl adjacent to an activating group) is 1. The van der Waals surface area contributed by atoms with Gasteiger partial charge in [-0.3, -0.25) is 0 Å². The van der Waals surface area contributed by atoms with Crippen molar-refractivity contribution in [1.29, 1.82) is 0 Å². The quantitative estimate of drug-likeness (QED) is 0.808. The van der Waals surface area contributed by atoms with Gasteiger partial charge < -0.3 is 15.1 Å². The molecule has 1 fully saturated rings. The second-order valence-corrected chi connectivity index (χ2v) is 6.68. The van der Waals surface area contributed by atoms with E-state index in [0.717, 1.165) is 35.1 Å². The first kappa shape index (κ1) is 17.0. The van der Waals surface area contributed by atoms with Crippen LogP contribution in [0.1, 0.15) is 24.9 Å². The molecule has 0 radical (unpaired) electrons. The Morgan fingerprint density at radius 3 is 2.62 bits per heavy atom. The summed E-state index contributed by atoms with van der Waals surface area (Å²) in [7, 11) is 2.19. The van der Waals surface area contributed by atoms with E-state index in [9.17, 15) is 0 Å². The maximum Gasteiger partial charge on any atom is 0.0454 e. The monoisotopic (exact) mass is 329 g/mol. The average Bonchev–Trinajstić information content (AvgIpc) is 2.47. The highest BCUT2D eigenvalue weighted by molar-refractivity contribution is 6.33. The first-order valence-electron chi connectivity index (χ1n) is 7.65. The molecule has 1 aromatic carbocycles. The Hall–Kier alpha value is -0.320. The number of hydrogen-bond acceptors (Lipinski definition) is 3. The van der Waals surface area contributed by atoms with E-state index in [1.54, 1.807) is 0 Å². The van der Waals surface area contributed by atoms with Gasteiger partial charge in [-0.05, 0) is 57.2 Å². The van der Waals surface area contributed by atoms with Crippen molar-refractivity contribution < 1.29 is 0 Å². The third kappa shape index (κ3) is 5.42. The van der Waals surface area contributed by atoms with E-state index < -0.39 is 0 Å². The lowest BCUT2D eigenvalue weighted by molar-refractivity contribution is 0.152. The Bertz CT molecular complexity index is 445. The maximum atomic E-state index is 6.23. The molecule has 0 spiro atoms. The van der Waals surface area contributed by atoms with Crippen LogP contribution in [0, 0.1) is 0 Å². The van der Waals surface area contributed by atoms with E-state index in [0.29, 0.717) is 0 Å². The highest BCUT2D eigenvalue weighted by atomic mass is 35.5. The zero-order chi connectivity index (χ0) is 15.2. The Labute approximate surface area is 138 Å². The Morgan fingerprint density at radius 1 is 1.19 bits per heavy atom. The minimum Gasteiger partial charge on any atom is -0.310 e. The Morgan fingerprint density at radius 2 is 1.90 bits per heavy atom. The number of benzene rings is 1. The van der Waals surface area contributed by atoms with Crippen molar-refractivity contribution in [2.45, 2.75) is 19.4 Å². The minimum absolute atomic E-state index is 0.226. The predicted octanol–water partition coefficient (Wildman–Crippen LogP) is 3.28. The van der Waals surface area contributed by atoms with Gasteiger partial charge in [-0.2, -0.15) is 0 Å². The van der Waals surface area contributed by atoms with Crippen LogP contribution in [0.3, 0.4) is 0 Å². The molecular formula is C16H25Cl2N3. The van der Waals surface area contributed by atoms with Gasteiger partial charge in [-0.1, -0.05) is 23.2 Å². The Balaban J connectivity index is 1.69. The molecular weight excluding hydrogens is 305 g/mol. The highest BCUT2D eigenvalue weighted by Gasteiger charge is 2.13. The fourth-order valence-corrected chi connectivity index (χ4v) is 3.11. The van der Waals surface area contributed by atoms with Crippen LogP contribution in [0.15, 0.2) is 18.2 Å². The van der Waals surface area contributed by atoms with Crippen molar-refractivity contribution in [2.75, 3.05) is 46.3 Å². The lowest BCUT2D eigenvalue weighted by atomic mass is 10.1. The molecule has 1 aromatic rings. The average molecular weight is 330 g/mol. The molecule has 21 heavy (non-hydrogen) atoms. The lowest BCUT2D eigenvalue weighted by Crippen LogP contribution is -2.45. The van der Waals surface area contributed by atoms with Gasteiger partial charge in [0.05, 0.1) is 0 Å². The smallest absolute Gasteiger partial charge is 0.0454 e. The molecule has 3 nitrogen and oxygen atoms in total. The SMILES string of the molecule is CC(NCCCN1CCN(C)CC1)c1cc(Cl)ccc1Cl. The summed E-state index contributed by atoms with van der Waals surface area (Å²) in [5, 5.41) is 5.05. The molecule has 118 valence electrons. The molecule has 1 heterocycles. The van der Waals surface area contributed by atoms with E-state index in [1.807, 2.05) is 18.2 Å². The van der Waals surface area contributed by atoms with E-state index in [-0.39, 0.29) is 6.04 Å². The van der Waals surface area contributed by atoms with Crippen molar-refractivity contribution in [3.8, 4) is 0 Å². The predicted molar refractivity (Wildman–Crippen MR) is 91.4 cm³/mol. The molecule has 1 atom stereocenters. The van der Waals surface area contributed by atoms with Crippen LogP contribution in [0.2, 0.25) is 10.0 Å². The largest absolute Gasteiger partial charge is 0.310 e. The molecule has 0 amide bonds.